The van der Waals surface area contributed by atoms with Gasteiger partial charge in [0.2, 0.25) is 0 Å². The molecule has 1 radical (unpaired) electrons. The smallest absolute Gasteiger partial charge is 0.0480 e. The number of aryl methyl sites for hydroxylation is 2. The van der Waals surface area contributed by atoms with Crippen LogP contribution in [-0.4, -0.2) is 0 Å². The van der Waals surface area contributed by atoms with Crippen molar-refractivity contribution in [3.8, 4) is 0 Å². The molecule has 0 amide bonds. The van der Waals surface area contributed by atoms with Crippen molar-refractivity contribution in [2.75, 3.05) is 0 Å². The molecule has 0 aliphatic carbocycles. The van der Waals surface area contributed by atoms with Crippen LogP contribution < -0.4 is 0 Å². The van der Waals surface area contributed by atoms with Crippen LogP contribution in [0.4, 0.5) is 0 Å². The topological polar surface area (TPSA) is 0 Å². The number of hydrogen-bond acceptors (Lipinski definition) is 1. The lowest BCUT2D eigenvalue weighted by Crippen LogP contribution is -1.95. The van der Waals surface area contributed by atoms with Gasteiger partial charge in [-0.25, -0.2) is 0 Å². The molecule has 1 aromatic rings. The summed E-state index contributed by atoms with van der Waals surface area (Å²) in [6, 6.07) is 0. The van der Waals surface area contributed by atoms with Crippen LogP contribution in [0.3, 0.4) is 0 Å². The summed E-state index contributed by atoms with van der Waals surface area (Å²) < 4.78 is 0. The Kier molecular flexibility index (Phi) is 3.33. The second kappa shape index (κ2) is 4.08. The van der Waals surface area contributed by atoms with E-state index in [4.69, 9.17) is 0 Å². The van der Waals surface area contributed by atoms with Gasteiger partial charge < -0.3 is 0 Å². The van der Waals surface area contributed by atoms with Crippen LogP contribution in [0.15, 0.2) is 0 Å². The first-order chi connectivity index (χ1) is 5.70. The Bertz CT molecular complexity index is 248. The summed E-state index contributed by atoms with van der Waals surface area (Å²) in [5.41, 5.74) is 2.93. The van der Waals surface area contributed by atoms with Gasteiger partial charge >= 0.3 is 0 Å². The van der Waals surface area contributed by atoms with Crippen molar-refractivity contribution in [3.63, 3.8) is 0 Å². The molecule has 1 aromatic heterocycles. The van der Waals surface area contributed by atoms with Crippen LogP contribution in [0.5, 0.6) is 0 Å². The average Bonchev–Trinajstić information content (AvgIpc) is 2.45. The minimum absolute atomic E-state index is 0.711. The number of rotatable bonds is 3. The molecule has 67 valence electrons. The zero-order valence-corrected chi connectivity index (χ0v) is 9.22. The van der Waals surface area contributed by atoms with E-state index in [1.807, 2.05) is 0 Å². The standard InChI is InChI=1S/C11H17S/c1-5-8(3)11-9(4)7-12-10(11)6-2/h8H,5-6H2,1-4H3. The number of thiophene rings is 1. The fourth-order valence-electron chi connectivity index (χ4n) is 1.57. The summed E-state index contributed by atoms with van der Waals surface area (Å²) in [5.74, 6) is 0.711. The van der Waals surface area contributed by atoms with Crippen molar-refractivity contribution >= 4 is 11.3 Å². The molecular weight excluding hydrogens is 164 g/mol. The minimum atomic E-state index is 0.711. The summed E-state index contributed by atoms with van der Waals surface area (Å²) in [7, 11) is 0. The molecule has 1 atom stereocenters. The van der Waals surface area contributed by atoms with Crippen molar-refractivity contribution in [1.29, 1.82) is 0 Å². The summed E-state index contributed by atoms with van der Waals surface area (Å²) in [6.07, 6.45) is 2.40. The average molecular weight is 181 g/mol. The fourth-order valence-corrected chi connectivity index (χ4v) is 2.56. The molecule has 0 bridgehead atoms. The molecule has 0 fully saturated rings. The summed E-state index contributed by atoms with van der Waals surface area (Å²) >= 11 is 1.79. The van der Waals surface area contributed by atoms with Crippen LogP contribution in [0.2, 0.25) is 0 Å². The first-order valence-corrected chi connectivity index (χ1v) is 5.52. The Balaban J connectivity index is 3.01. The third kappa shape index (κ3) is 1.71. The van der Waals surface area contributed by atoms with Gasteiger partial charge in [-0.3, -0.25) is 0 Å². The summed E-state index contributed by atoms with van der Waals surface area (Å²) in [5, 5.41) is 3.35. The van der Waals surface area contributed by atoms with Gasteiger partial charge in [0.25, 0.3) is 0 Å². The molecule has 0 saturated carbocycles. The third-order valence-electron chi connectivity index (χ3n) is 2.46. The van der Waals surface area contributed by atoms with Gasteiger partial charge in [-0.1, -0.05) is 20.8 Å². The molecule has 1 unspecified atom stereocenters. The Labute approximate surface area is 79.6 Å². The maximum atomic E-state index is 3.35. The van der Waals surface area contributed by atoms with Gasteiger partial charge in [0.15, 0.2) is 0 Å². The van der Waals surface area contributed by atoms with Gasteiger partial charge in [0.05, 0.1) is 0 Å². The molecule has 0 aromatic carbocycles. The van der Waals surface area contributed by atoms with E-state index in [2.05, 4.69) is 33.1 Å². The highest BCUT2D eigenvalue weighted by Gasteiger charge is 2.12. The zero-order chi connectivity index (χ0) is 9.14. The molecule has 0 spiro atoms. The highest BCUT2D eigenvalue weighted by Crippen LogP contribution is 2.30. The van der Waals surface area contributed by atoms with E-state index in [1.54, 1.807) is 16.9 Å². The van der Waals surface area contributed by atoms with Crippen molar-refractivity contribution in [2.45, 2.75) is 46.5 Å². The van der Waals surface area contributed by atoms with Gasteiger partial charge in [0.1, 0.15) is 0 Å². The molecule has 1 rings (SSSR count). The van der Waals surface area contributed by atoms with E-state index in [1.165, 1.54) is 16.9 Å². The van der Waals surface area contributed by atoms with Crippen molar-refractivity contribution in [3.05, 3.63) is 21.4 Å². The normalized spacial score (nSPS) is 13.3. The van der Waals surface area contributed by atoms with Crippen LogP contribution >= 0.6 is 11.3 Å². The SMILES string of the molecule is CCc1s[c]c(C)c1C(C)CC. The Morgan fingerprint density at radius 2 is 2.08 bits per heavy atom. The van der Waals surface area contributed by atoms with Gasteiger partial charge in [0, 0.05) is 10.3 Å². The second-order valence-corrected chi connectivity index (χ2v) is 4.23. The molecule has 1 heterocycles. The maximum absolute atomic E-state index is 3.35. The first-order valence-electron chi connectivity index (χ1n) is 4.70. The predicted molar refractivity (Wildman–Crippen MR) is 56.0 cm³/mol. The lowest BCUT2D eigenvalue weighted by atomic mass is 9.95. The monoisotopic (exact) mass is 181 g/mol. The van der Waals surface area contributed by atoms with Gasteiger partial charge in [-0.2, -0.15) is 0 Å². The van der Waals surface area contributed by atoms with Gasteiger partial charge in [-0.05, 0) is 36.8 Å². The van der Waals surface area contributed by atoms with E-state index < -0.39 is 0 Å². The zero-order valence-electron chi connectivity index (χ0n) is 8.40. The molecule has 1 heteroatoms. The molecule has 0 saturated heterocycles. The van der Waals surface area contributed by atoms with Crippen molar-refractivity contribution in [2.24, 2.45) is 0 Å². The lowest BCUT2D eigenvalue weighted by Gasteiger charge is -2.10. The molecular formula is C11H17S. The second-order valence-electron chi connectivity index (χ2n) is 3.33. The minimum Gasteiger partial charge on any atom is -0.139 e. The van der Waals surface area contributed by atoms with Crippen LogP contribution in [-0.2, 0) is 6.42 Å². The van der Waals surface area contributed by atoms with Gasteiger partial charge in [-0.15, -0.1) is 11.3 Å². The summed E-state index contributed by atoms with van der Waals surface area (Å²) in [6.45, 7) is 8.96. The summed E-state index contributed by atoms with van der Waals surface area (Å²) in [4.78, 5) is 1.53. The Hall–Kier alpha value is -0.300. The Morgan fingerprint density at radius 3 is 2.58 bits per heavy atom. The van der Waals surface area contributed by atoms with Crippen molar-refractivity contribution in [1.82, 2.24) is 0 Å². The van der Waals surface area contributed by atoms with E-state index in [9.17, 15) is 0 Å². The van der Waals surface area contributed by atoms with E-state index in [0.717, 1.165) is 6.42 Å². The highest BCUT2D eigenvalue weighted by atomic mass is 32.1. The molecule has 0 aliphatic rings. The van der Waals surface area contributed by atoms with E-state index in [0.29, 0.717) is 5.92 Å². The number of hydrogen-bond donors (Lipinski definition) is 0. The molecule has 0 N–H and O–H groups in total. The molecule has 12 heavy (non-hydrogen) atoms. The van der Waals surface area contributed by atoms with E-state index in [-0.39, 0.29) is 0 Å². The highest BCUT2D eigenvalue weighted by molar-refractivity contribution is 7.09. The quantitative estimate of drug-likeness (QED) is 0.662. The maximum Gasteiger partial charge on any atom is 0.0480 e. The predicted octanol–water partition coefficient (Wildman–Crippen LogP) is 3.93. The van der Waals surface area contributed by atoms with Crippen LogP contribution in [0.1, 0.15) is 49.1 Å². The largest absolute Gasteiger partial charge is 0.139 e. The van der Waals surface area contributed by atoms with Crippen LogP contribution in [0.25, 0.3) is 0 Å². The lowest BCUT2D eigenvalue weighted by molar-refractivity contribution is 0.723. The molecule has 0 nitrogen and oxygen atoms in total. The van der Waals surface area contributed by atoms with Crippen molar-refractivity contribution < 1.29 is 0 Å². The first kappa shape index (κ1) is 9.79. The molecule has 0 aliphatic heterocycles. The van der Waals surface area contributed by atoms with Crippen LogP contribution in [0, 0.1) is 12.3 Å². The fraction of sp³-hybridized carbons (Fsp3) is 0.636. The van der Waals surface area contributed by atoms with E-state index >= 15 is 0 Å². The Morgan fingerprint density at radius 1 is 1.42 bits per heavy atom. The third-order valence-corrected chi connectivity index (χ3v) is 3.62.